The van der Waals surface area contributed by atoms with Crippen molar-refractivity contribution < 1.29 is 9.53 Å². The Morgan fingerprint density at radius 1 is 1.11 bits per heavy atom. The van der Waals surface area contributed by atoms with E-state index in [4.69, 9.17) is 4.74 Å². The fraction of sp³-hybridized carbons (Fsp3) is 0.286. The van der Waals surface area contributed by atoms with Gasteiger partial charge in [0.15, 0.2) is 6.10 Å². The van der Waals surface area contributed by atoms with Gasteiger partial charge in [0.05, 0.1) is 5.69 Å². The van der Waals surface area contributed by atoms with Crippen LogP contribution in [0.1, 0.15) is 29.3 Å². The molecule has 0 radical (unpaired) electrons. The van der Waals surface area contributed by atoms with Gasteiger partial charge >= 0.3 is 0 Å². The van der Waals surface area contributed by atoms with E-state index in [-0.39, 0.29) is 11.2 Å². The van der Waals surface area contributed by atoms with Gasteiger partial charge in [0.1, 0.15) is 17.1 Å². The highest BCUT2D eigenvalue weighted by atomic mass is 16.5. The maximum Gasteiger partial charge on any atom is 0.281 e. The smallest absolute Gasteiger partial charge is 0.281 e. The number of carbonyl (C=O) groups is 1. The molecule has 2 aromatic heterocycles. The minimum absolute atomic E-state index is 0.164. The second-order valence-electron chi connectivity index (χ2n) is 6.81. The molecule has 1 aromatic carbocycles. The van der Waals surface area contributed by atoms with Crippen molar-refractivity contribution in [1.82, 2.24) is 9.38 Å². The van der Waals surface area contributed by atoms with E-state index in [1.807, 2.05) is 51.1 Å². The van der Waals surface area contributed by atoms with Crippen LogP contribution in [-0.4, -0.2) is 21.4 Å². The summed E-state index contributed by atoms with van der Waals surface area (Å²) in [5.41, 5.74) is 4.12. The molecule has 1 N–H and O–H groups in total. The lowest BCUT2D eigenvalue weighted by Gasteiger charge is -2.16. The third-order valence-electron chi connectivity index (χ3n) is 4.58. The lowest BCUT2D eigenvalue weighted by Crippen LogP contribution is -2.33. The predicted molar refractivity (Wildman–Crippen MR) is 106 cm³/mol. The second-order valence-corrected chi connectivity index (χ2v) is 6.81. The minimum atomic E-state index is -0.760. The fourth-order valence-corrected chi connectivity index (χ4v) is 2.76. The van der Waals surface area contributed by atoms with Crippen molar-refractivity contribution in [3.05, 3.63) is 69.3 Å². The van der Waals surface area contributed by atoms with Crippen molar-refractivity contribution in [2.24, 2.45) is 0 Å². The number of pyridine rings is 1. The third kappa shape index (κ3) is 3.84. The van der Waals surface area contributed by atoms with Gasteiger partial charge in [-0.3, -0.25) is 14.0 Å². The topological polar surface area (TPSA) is 72.7 Å². The van der Waals surface area contributed by atoms with Crippen LogP contribution in [-0.2, 0) is 4.79 Å². The molecule has 3 rings (SSSR count). The Kier molecular flexibility index (Phi) is 4.99. The fourth-order valence-electron chi connectivity index (χ4n) is 2.76. The third-order valence-corrected chi connectivity index (χ3v) is 4.58. The Hall–Kier alpha value is -3.15. The normalized spacial score (nSPS) is 12.0. The van der Waals surface area contributed by atoms with E-state index >= 15 is 0 Å². The van der Waals surface area contributed by atoms with Gasteiger partial charge in [-0.1, -0.05) is 6.07 Å². The monoisotopic (exact) mass is 365 g/mol. The van der Waals surface area contributed by atoms with E-state index in [9.17, 15) is 9.59 Å². The number of fused-ring (bicyclic) bond motifs is 1. The maximum absolute atomic E-state index is 12.7. The first kappa shape index (κ1) is 18.6. The summed E-state index contributed by atoms with van der Waals surface area (Å²) < 4.78 is 7.15. The number of aromatic nitrogens is 2. The molecule has 1 atom stereocenters. The first-order valence-electron chi connectivity index (χ1n) is 8.80. The van der Waals surface area contributed by atoms with E-state index in [0.29, 0.717) is 17.1 Å². The molecule has 0 aliphatic heterocycles. The summed E-state index contributed by atoms with van der Waals surface area (Å²) in [4.78, 5) is 29.7. The molecule has 0 spiro atoms. The zero-order valence-electron chi connectivity index (χ0n) is 16.2. The zero-order chi connectivity index (χ0) is 19.7. The molecule has 0 saturated heterocycles. The standard InChI is InChI=1S/C21H23N3O3/c1-12-8-9-24-18(10-12)22-15(4)19(21(24)26)23-20(25)16(5)27-17-7-6-13(2)14(3)11-17/h6-11,16H,1-5H3,(H,23,25). The van der Waals surface area contributed by atoms with Gasteiger partial charge in [-0.15, -0.1) is 0 Å². The average molecular weight is 365 g/mol. The van der Waals surface area contributed by atoms with Gasteiger partial charge < -0.3 is 10.1 Å². The Bertz CT molecular complexity index is 1090. The highest BCUT2D eigenvalue weighted by molar-refractivity contribution is 5.94. The summed E-state index contributed by atoms with van der Waals surface area (Å²) in [7, 11) is 0. The first-order valence-corrected chi connectivity index (χ1v) is 8.80. The van der Waals surface area contributed by atoms with Crippen molar-refractivity contribution in [3.8, 4) is 5.75 Å². The largest absolute Gasteiger partial charge is 0.481 e. The molecular formula is C21H23N3O3. The van der Waals surface area contributed by atoms with Crippen LogP contribution in [0, 0.1) is 27.7 Å². The van der Waals surface area contributed by atoms with Crippen LogP contribution in [0.15, 0.2) is 41.3 Å². The Labute approximate surface area is 157 Å². The molecule has 0 aliphatic rings. The summed E-state index contributed by atoms with van der Waals surface area (Å²) >= 11 is 0. The van der Waals surface area contributed by atoms with Gasteiger partial charge in [-0.2, -0.15) is 0 Å². The predicted octanol–water partition coefficient (Wildman–Crippen LogP) is 3.33. The summed E-state index contributed by atoms with van der Waals surface area (Å²) in [5, 5.41) is 2.67. The van der Waals surface area contributed by atoms with Crippen LogP contribution >= 0.6 is 0 Å². The summed E-state index contributed by atoms with van der Waals surface area (Å²) in [6.07, 6.45) is 0.897. The van der Waals surface area contributed by atoms with Crippen molar-refractivity contribution in [1.29, 1.82) is 0 Å². The Morgan fingerprint density at radius 2 is 1.85 bits per heavy atom. The molecule has 0 aliphatic carbocycles. The molecule has 0 fully saturated rings. The number of hydrogen-bond acceptors (Lipinski definition) is 4. The highest BCUT2D eigenvalue weighted by Crippen LogP contribution is 2.18. The molecule has 1 unspecified atom stereocenters. The van der Waals surface area contributed by atoms with Gasteiger partial charge in [0.2, 0.25) is 0 Å². The van der Waals surface area contributed by atoms with Crippen LogP contribution in [0.3, 0.4) is 0 Å². The van der Waals surface area contributed by atoms with E-state index in [1.165, 1.54) is 4.40 Å². The van der Waals surface area contributed by atoms with E-state index < -0.39 is 12.0 Å². The summed E-state index contributed by atoms with van der Waals surface area (Å²) in [5.74, 6) is 0.212. The van der Waals surface area contributed by atoms with E-state index in [0.717, 1.165) is 16.7 Å². The Balaban J connectivity index is 1.83. The number of ether oxygens (including phenoxy) is 1. The van der Waals surface area contributed by atoms with Crippen LogP contribution in [0.4, 0.5) is 5.69 Å². The molecule has 27 heavy (non-hydrogen) atoms. The average Bonchev–Trinajstić information content (AvgIpc) is 2.61. The Morgan fingerprint density at radius 3 is 2.56 bits per heavy atom. The van der Waals surface area contributed by atoms with Crippen LogP contribution in [0.5, 0.6) is 5.75 Å². The number of hydrogen-bond donors (Lipinski definition) is 1. The van der Waals surface area contributed by atoms with Gasteiger partial charge in [0.25, 0.3) is 11.5 Å². The molecule has 6 heteroatoms. The number of nitrogens with zero attached hydrogens (tertiary/aromatic N) is 2. The number of carbonyl (C=O) groups excluding carboxylic acids is 1. The molecule has 0 bridgehead atoms. The molecular weight excluding hydrogens is 342 g/mol. The molecule has 0 saturated carbocycles. The number of aryl methyl sites for hydroxylation is 4. The zero-order valence-corrected chi connectivity index (χ0v) is 16.2. The van der Waals surface area contributed by atoms with E-state index in [1.54, 1.807) is 20.0 Å². The van der Waals surface area contributed by atoms with Crippen molar-refractivity contribution >= 4 is 17.2 Å². The lowest BCUT2D eigenvalue weighted by molar-refractivity contribution is -0.122. The number of amides is 1. The summed E-state index contributed by atoms with van der Waals surface area (Å²) in [6, 6.07) is 9.31. The number of benzene rings is 1. The quantitative estimate of drug-likeness (QED) is 0.770. The van der Waals surface area contributed by atoms with Gasteiger partial charge in [0, 0.05) is 6.20 Å². The molecule has 3 aromatic rings. The molecule has 1 amide bonds. The van der Waals surface area contributed by atoms with Gasteiger partial charge in [-0.25, -0.2) is 4.98 Å². The molecule has 140 valence electrons. The van der Waals surface area contributed by atoms with Crippen molar-refractivity contribution in [2.75, 3.05) is 5.32 Å². The second kappa shape index (κ2) is 7.23. The van der Waals surface area contributed by atoms with Crippen molar-refractivity contribution in [3.63, 3.8) is 0 Å². The number of nitrogens with one attached hydrogen (secondary N) is 1. The summed E-state index contributed by atoms with van der Waals surface area (Å²) in [6.45, 7) is 9.28. The molecule has 2 heterocycles. The highest BCUT2D eigenvalue weighted by Gasteiger charge is 2.19. The number of rotatable bonds is 4. The lowest BCUT2D eigenvalue weighted by atomic mass is 10.1. The van der Waals surface area contributed by atoms with Crippen LogP contribution in [0.2, 0.25) is 0 Å². The molecule has 6 nitrogen and oxygen atoms in total. The van der Waals surface area contributed by atoms with Crippen LogP contribution in [0.25, 0.3) is 5.65 Å². The number of anilines is 1. The maximum atomic E-state index is 12.7. The SMILES string of the molecule is Cc1ccn2c(=O)c(NC(=O)C(C)Oc3ccc(C)c(C)c3)c(C)nc2c1. The van der Waals surface area contributed by atoms with Crippen LogP contribution < -0.4 is 15.6 Å². The van der Waals surface area contributed by atoms with Crippen molar-refractivity contribution in [2.45, 2.75) is 40.7 Å². The first-order chi connectivity index (χ1) is 12.8. The minimum Gasteiger partial charge on any atom is -0.481 e. The van der Waals surface area contributed by atoms with Gasteiger partial charge in [-0.05, 0) is 75.6 Å². The van der Waals surface area contributed by atoms with E-state index in [2.05, 4.69) is 10.3 Å².